The van der Waals surface area contributed by atoms with Crippen LogP contribution in [0, 0.1) is 28.6 Å². The van der Waals surface area contributed by atoms with Crippen molar-refractivity contribution in [3.05, 3.63) is 118 Å². The van der Waals surface area contributed by atoms with Crippen LogP contribution in [-0.2, 0) is 0 Å². The van der Waals surface area contributed by atoms with Gasteiger partial charge in [-0.25, -0.2) is 0 Å². The van der Waals surface area contributed by atoms with E-state index in [0.29, 0.717) is 17.8 Å². The Labute approximate surface area is 227 Å². The number of aliphatic hydroxyl groups excluding tert-OH is 1. The molecule has 0 amide bonds. The number of allylic oxidation sites excluding steroid dienone is 19. The molecule has 0 aromatic rings. The van der Waals surface area contributed by atoms with Crippen molar-refractivity contribution in [2.24, 2.45) is 28.6 Å². The van der Waals surface area contributed by atoms with Gasteiger partial charge in [0.25, 0.3) is 0 Å². The van der Waals surface area contributed by atoms with E-state index in [9.17, 15) is 10.2 Å². The van der Waals surface area contributed by atoms with Crippen molar-refractivity contribution in [1.82, 2.24) is 0 Å². The minimum Gasteiger partial charge on any atom is -0.392 e. The summed E-state index contributed by atoms with van der Waals surface area (Å²) < 4.78 is 0. The number of aliphatic hydroxyl groups is 2. The van der Waals surface area contributed by atoms with Crippen molar-refractivity contribution in [2.75, 3.05) is 6.61 Å². The third-order valence-electron chi connectivity index (χ3n) is 11.6. The van der Waals surface area contributed by atoms with Crippen molar-refractivity contribution in [2.45, 2.75) is 64.4 Å². The van der Waals surface area contributed by atoms with Gasteiger partial charge in [-0.15, -0.1) is 0 Å². The van der Waals surface area contributed by atoms with E-state index in [1.54, 1.807) is 11.1 Å². The third kappa shape index (κ3) is 3.26. The zero-order valence-electron chi connectivity index (χ0n) is 22.8. The Balaban J connectivity index is 1.36. The van der Waals surface area contributed by atoms with Crippen molar-refractivity contribution >= 4 is 0 Å². The van der Waals surface area contributed by atoms with Crippen LogP contribution >= 0.6 is 0 Å². The lowest BCUT2D eigenvalue weighted by molar-refractivity contribution is -0.0902. The highest BCUT2D eigenvalue weighted by atomic mass is 16.3. The Morgan fingerprint density at radius 2 is 1.50 bits per heavy atom. The molecular weight excluding hydrogens is 464 g/mol. The van der Waals surface area contributed by atoms with Crippen LogP contribution in [0.25, 0.3) is 0 Å². The molecule has 3 saturated carbocycles. The topological polar surface area (TPSA) is 40.5 Å². The lowest BCUT2D eigenvalue weighted by Gasteiger charge is -2.61. The molecule has 0 saturated heterocycles. The Bertz CT molecular complexity index is 1340. The summed E-state index contributed by atoms with van der Waals surface area (Å²) in [5.74, 6) is 1.50. The van der Waals surface area contributed by atoms with E-state index in [1.807, 2.05) is 12.2 Å². The molecule has 0 aromatic heterocycles. The fraction of sp³-hybridized carbons (Fsp3) is 0.444. The summed E-state index contributed by atoms with van der Waals surface area (Å²) in [5, 5.41) is 23.2. The molecule has 7 rings (SSSR count). The predicted molar refractivity (Wildman–Crippen MR) is 155 cm³/mol. The first kappa shape index (κ1) is 24.4. The van der Waals surface area contributed by atoms with Crippen LogP contribution in [0.1, 0.15) is 58.8 Å². The second-order valence-electron chi connectivity index (χ2n) is 13.1. The molecule has 0 aliphatic heterocycles. The quantitative estimate of drug-likeness (QED) is 0.408. The van der Waals surface area contributed by atoms with Crippen LogP contribution in [0.4, 0.5) is 0 Å². The van der Waals surface area contributed by atoms with Gasteiger partial charge in [0.15, 0.2) is 0 Å². The molecule has 2 heteroatoms. The van der Waals surface area contributed by atoms with E-state index in [0.717, 1.165) is 43.3 Å². The van der Waals surface area contributed by atoms with Gasteiger partial charge >= 0.3 is 0 Å². The van der Waals surface area contributed by atoms with E-state index in [4.69, 9.17) is 0 Å². The van der Waals surface area contributed by atoms with Gasteiger partial charge in [-0.3, -0.25) is 0 Å². The molecule has 7 aliphatic carbocycles. The highest BCUT2D eigenvalue weighted by Gasteiger charge is 2.66. The van der Waals surface area contributed by atoms with Gasteiger partial charge in [-0.2, -0.15) is 0 Å². The minimum atomic E-state index is -0.994. The highest BCUT2D eigenvalue weighted by molar-refractivity contribution is 5.53. The lowest BCUT2D eigenvalue weighted by Crippen LogP contribution is -2.56. The standard InChI is InChI=1S/C36H40O2/c1-34-19-17-27(24-9-3-4-10-24)21-28(34)15-16-29-31-18-20-36(38,32(23-37)26-13-7-8-14-26)35(31,2)22-30(33(29)34)25-11-5-6-12-25/h3-14,21,29,31,33,37-38H,15-20,22-23H2,1-2H3. The van der Waals surface area contributed by atoms with Crippen LogP contribution in [0.15, 0.2) is 118 Å². The number of hydrogen-bond acceptors (Lipinski definition) is 2. The van der Waals surface area contributed by atoms with Gasteiger partial charge in [0.2, 0.25) is 0 Å². The smallest absolute Gasteiger partial charge is 0.0946 e. The Kier molecular flexibility index (Phi) is 5.55. The van der Waals surface area contributed by atoms with E-state index < -0.39 is 5.60 Å². The lowest BCUT2D eigenvalue weighted by atomic mass is 9.44. The minimum absolute atomic E-state index is 0.0897. The molecule has 2 N–H and O–H groups in total. The summed E-state index contributed by atoms with van der Waals surface area (Å²) >= 11 is 0. The average Bonchev–Trinajstić information content (AvgIpc) is 3.72. The number of rotatable bonds is 2. The number of hydrogen-bond donors (Lipinski definition) is 2. The molecule has 7 aliphatic rings. The maximum absolute atomic E-state index is 12.6. The van der Waals surface area contributed by atoms with Gasteiger partial charge in [-0.05, 0) is 96.0 Å². The normalized spacial score (nSPS) is 40.4. The largest absolute Gasteiger partial charge is 0.392 e. The van der Waals surface area contributed by atoms with Crippen molar-refractivity contribution < 1.29 is 10.2 Å². The molecule has 0 heterocycles. The van der Waals surface area contributed by atoms with Gasteiger partial charge in [-0.1, -0.05) is 104 Å². The van der Waals surface area contributed by atoms with Crippen molar-refractivity contribution in [3.8, 4) is 0 Å². The van der Waals surface area contributed by atoms with E-state index in [2.05, 4.69) is 80.7 Å². The first-order valence-electron chi connectivity index (χ1n) is 14.7. The predicted octanol–water partition coefficient (Wildman–Crippen LogP) is 7.55. The summed E-state index contributed by atoms with van der Waals surface area (Å²) in [6, 6.07) is 0. The maximum Gasteiger partial charge on any atom is 0.0946 e. The highest BCUT2D eigenvalue weighted by Crippen LogP contribution is 2.71. The van der Waals surface area contributed by atoms with Crippen LogP contribution in [0.3, 0.4) is 0 Å². The molecule has 2 nitrogen and oxygen atoms in total. The number of fused-ring (bicyclic) bond motifs is 5. The molecule has 0 bridgehead atoms. The van der Waals surface area contributed by atoms with Gasteiger partial charge in [0, 0.05) is 5.41 Å². The van der Waals surface area contributed by atoms with Crippen molar-refractivity contribution in [3.63, 3.8) is 0 Å². The van der Waals surface area contributed by atoms with Gasteiger partial charge < -0.3 is 10.2 Å². The second kappa shape index (κ2) is 8.66. The van der Waals surface area contributed by atoms with E-state index in [-0.39, 0.29) is 17.4 Å². The molecule has 38 heavy (non-hydrogen) atoms. The zero-order valence-corrected chi connectivity index (χ0v) is 22.8. The molecule has 6 atom stereocenters. The van der Waals surface area contributed by atoms with Gasteiger partial charge in [0.1, 0.15) is 0 Å². The molecule has 6 unspecified atom stereocenters. The van der Waals surface area contributed by atoms with Gasteiger partial charge in [0.05, 0.1) is 12.2 Å². The zero-order chi connectivity index (χ0) is 26.1. The van der Waals surface area contributed by atoms with E-state index in [1.165, 1.54) is 29.6 Å². The first-order valence-corrected chi connectivity index (χ1v) is 14.7. The van der Waals surface area contributed by atoms with Crippen molar-refractivity contribution in [1.29, 1.82) is 0 Å². The fourth-order valence-corrected chi connectivity index (χ4v) is 9.71. The molecule has 0 aromatic carbocycles. The maximum atomic E-state index is 12.6. The van der Waals surface area contributed by atoms with Crippen LogP contribution in [0.2, 0.25) is 0 Å². The fourth-order valence-electron chi connectivity index (χ4n) is 9.71. The molecule has 3 fully saturated rings. The summed E-state index contributed by atoms with van der Waals surface area (Å²) in [4.78, 5) is 0. The molecule has 0 radical (unpaired) electrons. The average molecular weight is 505 g/mol. The van der Waals surface area contributed by atoms with Crippen LogP contribution in [0.5, 0.6) is 0 Å². The third-order valence-corrected chi connectivity index (χ3v) is 11.6. The van der Waals surface area contributed by atoms with Crippen LogP contribution in [-0.4, -0.2) is 22.4 Å². The Hall–Kier alpha value is -2.68. The summed E-state index contributed by atoms with van der Waals surface area (Å²) in [5.41, 5.74) is 8.12. The first-order chi connectivity index (χ1) is 18.4. The monoisotopic (exact) mass is 504 g/mol. The molecular formula is C36H40O2. The summed E-state index contributed by atoms with van der Waals surface area (Å²) in [6.45, 7) is 4.81. The Morgan fingerprint density at radius 1 is 0.842 bits per heavy atom. The summed E-state index contributed by atoms with van der Waals surface area (Å²) in [6.07, 6.45) is 35.8. The Morgan fingerprint density at radius 3 is 2.18 bits per heavy atom. The molecule has 0 spiro atoms. The SMILES string of the molecule is CC12CCC(=C3C=CC=C3)C=C1CCC1C2C(=C2C=CC=C2)CC2(C)C1CCC2(O)C(CO)=C1C=CC=C1. The van der Waals surface area contributed by atoms with E-state index >= 15 is 0 Å². The summed E-state index contributed by atoms with van der Waals surface area (Å²) in [7, 11) is 0. The second-order valence-corrected chi connectivity index (χ2v) is 13.1. The van der Waals surface area contributed by atoms with Crippen LogP contribution < -0.4 is 0 Å². The molecule has 196 valence electrons.